The number of allylic oxidation sites excluding steroid dienone is 2. The molecule has 2 aromatic rings. The van der Waals surface area contributed by atoms with E-state index in [9.17, 15) is 0 Å². The summed E-state index contributed by atoms with van der Waals surface area (Å²) in [5.74, 6) is 2.31. The minimum absolute atomic E-state index is 0.612. The van der Waals surface area contributed by atoms with Gasteiger partial charge >= 0.3 is 0 Å². The lowest BCUT2D eigenvalue weighted by Crippen LogP contribution is -1.95. The third kappa shape index (κ3) is 5.31. The SMILES string of the molecule is C/C=C/c1ccc(OCC)c(Oc2ccc(/C=C/CCC)cc2)c1. The van der Waals surface area contributed by atoms with Crippen LogP contribution in [0.25, 0.3) is 12.2 Å². The van der Waals surface area contributed by atoms with Crippen molar-refractivity contribution < 1.29 is 9.47 Å². The molecule has 2 nitrogen and oxygen atoms in total. The fraction of sp³-hybridized carbons (Fsp3) is 0.273. The van der Waals surface area contributed by atoms with Crippen LogP contribution in [0.3, 0.4) is 0 Å². The van der Waals surface area contributed by atoms with Gasteiger partial charge in [0.15, 0.2) is 11.5 Å². The average Bonchev–Trinajstić information content (AvgIpc) is 2.59. The topological polar surface area (TPSA) is 18.5 Å². The smallest absolute Gasteiger partial charge is 0.169 e. The molecule has 24 heavy (non-hydrogen) atoms. The van der Waals surface area contributed by atoms with E-state index in [0.29, 0.717) is 6.61 Å². The van der Waals surface area contributed by atoms with E-state index in [1.54, 1.807) is 0 Å². The summed E-state index contributed by atoms with van der Waals surface area (Å²) in [6, 6.07) is 14.1. The Hall–Kier alpha value is -2.48. The third-order valence-corrected chi connectivity index (χ3v) is 3.50. The monoisotopic (exact) mass is 322 g/mol. The van der Waals surface area contributed by atoms with Crippen molar-refractivity contribution in [2.75, 3.05) is 6.61 Å². The molecule has 0 amide bonds. The lowest BCUT2D eigenvalue weighted by molar-refractivity contribution is 0.321. The maximum Gasteiger partial charge on any atom is 0.169 e. The van der Waals surface area contributed by atoms with Gasteiger partial charge < -0.3 is 9.47 Å². The normalized spacial score (nSPS) is 11.3. The lowest BCUT2D eigenvalue weighted by Gasteiger charge is -2.12. The van der Waals surface area contributed by atoms with Crippen molar-refractivity contribution >= 4 is 12.2 Å². The first-order valence-electron chi connectivity index (χ1n) is 8.60. The Kier molecular flexibility index (Phi) is 7.16. The number of rotatable bonds is 8. The van der Waals surface area contributed by atoms with Gasteiger partial charge in [0, 0.05) is 0 Å². The molecule has 0 aromatic heterocycles. The molecule has 0 heterocycles. The van der Waals surface area contributed by atoms with Gasteiger partial charge in [0.1, 0.15) is 5.75 Å². The molecule has 0 aliphatic rings. The van der Waals surface area contributed by atoms with Gasteiger partial charge in [-0.2, -0.15) is 0 Å². The molecule has 0 saturated heterocycles. The molecule has 2 heteroatoms. The van der Waals surface area contributed by atoms with Gasteiger partial charge in [-0.25, -0.2) is 0 Å². The minimum Gasteiger partial charge on any atom is -0.490 e. The van der Waals surface area contributed by atoms with Crippen molar-refractivity contribution in [3.8, 4) is 17.2 Å². The fourth-order valence-electron chi connectivity index (χ4n) is 2.34. The highest BCUT2D eigenvalue weighted by Crippen LogP contribution is 2.33. The van der Waals surface area contributed by atoms with Gasteiger partial charge in [-0.3, -0.25) is 0 Å². The minimum atomic E-state index is 0.612. The van der Waals surface area contributed by atoms with Gasteiger partial charge in [0.25, 0.3) is 0 Å². The summed E-state index contributed by atoms with van der Waals surface area (Å²) in [6.45, 7) is 6.77. The number of benzene rings is 2. The summed E-state index contributed by atoms with van der Waals surface area (Å²) in [6.07, 6.45) is 10.7. The Balaban J connectivity index is 2.18. The Labute approximate surface area is 145 Å². The van der Waals surface area contributed by atoms with Crippen molar-refractivity contribution in [2.24, 2.45) is 0 Å². The van der Waals surface area contributed by atoms with E-state index in [1.165, 1.54) is 12.0 Å². The molecule has 0 saturated carbocycles. The molecular weight excluding hydrogens is 296 g/mol. The first-order valence-corrected chi connectivity index (χ1v) is 8.60. The molecule has 126 valence electrons. The van der Waals surface area contributed by atoms with E-state index in [-0.39, 0.29) is 0 Å². The van der Waals surface area contributed by atoms with E-state index in [1.807, 2.05) is 56.3 Å². The number of hydrogen-bond donors (Lipinski definition) is 0. The molecule has 0 fully saturated rings. The van der Waals surface area contributed by atoms with Crippen molar-refractivity contribution in [2.45, 2.75) is 33.6 Å². The highest BCUT2D eigenvalue weighted by Gasteiger charge is 2.07. The molecular formula is C22H26O2. The zero-order valence-corrected chi connectivity index (χ0v) is 14.8. The zero-order valence-electron chi connectivity index (χ0n) is 14.8. The summed E-state index contributed by atoms with van der Waals surface area (Å²) in [5.41, 5.74) is 2.28. The summed E-state index contributed by atoms with van der Waals surface area (Å²) >= 11 is 0. The maximum absolute atomic E-state index is 6.05. The van der Waals surface area contributed by atoms with Gasteiger partial charge in [-0.1, -0.05) is 55.8 Å². The first kappa shape index (κ1) is 17.9. The second-order valence-electron chi connectivity index (χ2n) is 5.50. The highest BCUT2D eigenvalue weighted by atomic mass is 16.5. The van der Waals surface area contributed by atoms with Crippen LogP contribution in [0.15, 0.2) is 54.6 Å². The lowest BCUT2D eigenvalue weighted by atomic mass is 10.1. The van der Waals surface area contributed by atoms with E-state index in [0.717, 1.165) is 29.2 Å². The van der Waals surface area contributed by atoms with Crippen LogP contribution in [-0.4, -0.2) is 6.61 Å². The van der Waals surface area contributed by atoms with Crippen LogP contribution in [0.4, 0.5) is 0 Å². The average molecular weight is 322 g/mol. The van der Waals surface area contributed by atoms with Gasteiger partial charge in [0.05, 0.1) is 6.61 Å². The number of unbranched alkanes of at least 4 members (excludes halogenated alkanes) is 1. The van der Waals surface area contributed by atoms with Gasteiger partial charge in [-0.15, -0.1) is 0 Å². The van der Waals surface area contributed by atoms with Crippen molar-refractivity contribution in [1.29, 1.82) is 0 Å². The van der Waals surface area contributed by atoms with Crippen LogP contribution in [-0.2, 0) is 0 Å². The molecule has 0 aliphatic carbocycles. The molecule has 0 bridgehead atoms. The summed E-state index contributed by atoms with van der Waals surface area (Å²) < 4.78 is 11.7. The second-order valence-corrected chi connectivity index (χ2v) is 5.50. The molecule has 2 rings (SSSR count). The summed E-state index contributed by atoms with van der Waals surface area (Å²) in [5, 5.41) is 0. The fourth-order valence-corrected chi connectivity index (χ4v) is 2.34. The molecule has 0 atom stereocenters. The predicted molar refractivity (Wildman–Crippen MR) is 103 cm³/mol. The molecule has 0 aliphatic heterocycles. The Morgan fingerprint density at radius 2 is 1.62 bits per heavy atom. The van der Waals surface area contributed by atoms with E-state index < -0.39 is 0 Å². The van der Waals surface area contributed by atoms with Crippen LogP contribution < -0.4 is 9.47 Å². The quantitative estimate of drug-likeness (QED) is 0.537. The number of ether oxygens (including phenoxy) is 2. The Bertz CT molecular complexity index is 682. The zero-order chi connectivity index (χ0) is 17.2. The van der Waals surface area contributed by atoms with Gasteiger partial charge in [0.2, 0.25) is 0 Å². The predicted octanol–water partition coefficient (Wildman–Crippen LogP) is 6.72. The highest BCUT2D eigenvalue weighted by molar-refractivity contribution is 5.57. The second kappa shape index (κ2) is 9.61. The molecule has 0 N–H and O–H groups in total. The van der Waals surface area contributed by atoms with Crippen LogP contribution in [0.5, 0.6) is 17.2 Å². The molecule has 0 radical (unpaired) electrons. The Morgan fingerprint density at radius 1 is 0.875 bits per heavy atom. The third-order valence-electron chi connectivity index (χ3n) is 3.50. The summed E-state index contributed by atoms with van der Waals surface area (Å²) in [7, 11) is 0. The number of hydrogen-bond acceptors (Lipinski definition) is 2. The van der Waals surface area contributed by atoms with E-state index in [4.69, 9.17) is 9.47 Å². The van der Waals surface area contributed by atoms with Crippen LogP contribution in [0, 0.1) is 0 Å². The largest absolute Gasteiger partial charge is 0.490 e. The van der Waals surface area contributed by atoms with E-state index >= 15 is 0 Å². The van der Waals surface area contributed by atoms with Crippen molar-refractivity contribution in [3.63, 3.8) is 0 Å². The Morgan fingerprint density at radius 3 is 2.29 bits per heavy atom. The van der Waals surface area contributed by atoms with Crippen LogP contribution in [0.1, 0.15) is 44.7 Å². The van der Waals surface area contributed by atoms with Gasteiger partial charge in [-0.05, 0) is 55.7 Å². The van der Waals surface area contributed by atoms with Crippen molar-refractivity contribution in [3.05, 3.63) is 65.7 Å². The molecule has 2 aromatic carbocycles. The summed E-state index contributed by atoms with van der Waals surface area (Å²) in [4.78, 5) is 0. The van der Waals surface area contributed by atoms with Crippen LogP contribution in [0.2, 0.25) is 0 Å². The molecule has 0 unspecified atom stereocenters. The van der Waals surface area contributed by atoms with E-state index in [2.05, 4.69) is 31.2 Å². The van der Waals surface area contributed by atoms with Crippen molar-refractivity contribution in [1.82, 2.24) is 0 Å². The first-order chi connectivity index (χ1) is 11.8. The standard InChI is InChI=1S/C22H26O2/c1-4-7-8-10-18-11-14-20(15-12-18)24-22-17-19(9-5-2)13-16-21(22)23-6-3/h5,8-17H,4,6-7H2,1-3H3/b9-5+,10-8+. The van der Waals surface area contributed by atoms with Crippen LogP contribution >= 0.6 is 0 Å². The molecule has 0 spiro atoms. The maximum atomic E-state index is 6.05.